The summed E-state index contributed by atoms with van der Waals surface area (Å²) in [6.45, 7) is 1.93. The molecule has 0 fully saturated rings. The lowest BCUT2D eigenvalue weighted by Crippen LogP contribution is -2.13. The first kappa shape index (κ1) is 14.0. The number of nitrogens with one attached hydrogen (secondary N) is 2. The Morgan fingerprint density at radius 1 is 1.14 bits per heavy atom. The normalized spacial score (nSPS) is 10.5. The van der Waals surface area contributed by atoms with Crippen molar-refractivity contribution in [2.24, 2.45) is 0 Å². The van der Waals surface area contributed by atoms with Crippen LogP contribution in [0.25, 0.3) is 11.3 Å². The molecule has 0 aliphatic carbocycles. The van der Waals surface area contributed by atoms with Crippen molar-refractivity contribution in [1.82, 2.24) is 10.2 Å². The lowest BCUT2D eigenvalue weighted by molar-refractivity contribution is 0.102. The largest absolute Gasteiger partial charge is 0.322 e. The second-order valence-electron chi connectivity index (χ2n) is 4.95. The van der Waals surface area contributed by atoms with E-state index in [2.05, 4.69) is 15.5 Å². The van der Waals surface area contributed by atoms with E-state index in [1.165, 1.54) is 12.1 Å². The number of nitrogens with zero attached hydrogens (tertiary/aromatic N) is 1. The summed E-state index contributed by atoms with van der Waals surface area (Å²) in [7, 11) is 0. The molecule has 3 rings (SSSR count). The molecule has 0 aliphatic rings. The van der Waals surface area contributed by atoms with Crippen molar-refractivity contribution in [3.8, 4) is 11.3 Å². The monoisotopic (exact) mass is 295 g/mol. The van der Waals surface area contributed by atoms with E-state index in [0.717, 1.165) is 17.0 Å². The Hall–Kier alpha value is -2.95. The molecule has 0 saturated heterocycles. The smallest absolute Gasteiger partial charge is 0.258 e. The number of hydrogen-bond donors (Lipinski definition) is 2. The Balaban J connectivity index is 1.76. The molecular formula is C17H14FN3O. The van der Waals surface area contributed by atoms with Crippen LogP contribution in [0.3, 0.4) is 0 Å². The third kappa shape index (κ3) is 2.88. The van der Waals surface area contributed by atoms with E-state index in [4.69, 9.17) is 0 Å². The molecule has 4 nitrogen and oxygen atoms in total. The molecule has 0 unspecified atom stereocenters. The lowest BCUT2D eigenvalue weighted by atomic mass is 10.1. The fourth-order valence-electron chi connectivity index (χ4n) is 2.13. The van der Waals surface area contributed by atoms with Gasteiger partial charge < -0.3 is 5.32 Å². The predicted octanol–water partition coefficient (Wildman–Crippen LogP) is 3.78. The van der Waals surface area contributed by atoms with Crippen molar-refractivity contribution in [2.75, 3.05) is 5.32 Å². The van der Waals surface area contributed by atoms with Crippen LogP contribution in [-0.4, -0.2) is 16.1 Å². The van der Waals surface area contributed by atoms with Crippen molar-refractivity contribution in [3.05, 3.63) is 71.7 Å². The summed E-state index contributed by atoms with van der Waals surface area (Å²) in [6, 6.07) is 15.1. The average Bonchev–Trinajstić information content (AvgIpc) is 2.95. The number of rotatable bonds is 3. The fraction of sp³-hybridized carbons (Fsp3) is 0.0588. The maximum Gasteiger partial charge on any atom is 0.258 e. The summed E-state index contributed by atoms with van der Waals surface area (Å²) in [5, 5.41) is 9.73. The van der Waals surface area contributed by atoms with Crippen LogP contribution in [0, 0.1) is 12.7 Å². The summed E-state index contributed by atoms with van der Waals surface area (Å²) < 4.78 is 13.6. The minimum absolute atomic E-state index is 0.0227. The van der Waals surface area contributed by atoms with E-state index >= 15 is 0 Å². The molecule has 110 valence electrons. The summed E-state index contributed by atoms with van der Waals surface area (Å²) in [5.74, 6) is -1.01. The standard InChI is InChI=1S/C17H14FN3O/c1-11-10-16(21-20-11)12-6-8-13(9-7-12)19-17(22)14-4-2-3-5-15(14)18/h2-10H,1H3,(H,19,22)(H,20,21). The minimum Gasteiger partial charge on any atom is -0.322 e. The van der Waals surface area contributed by atoms with Gasteiger partial charge in [-0.1, -0.05) is 24.3 Å². The van der Waals surface area contributed by atoms with Gasteiger partial charge in [0.2, 0.25) is 0 Å². The van der Waals surface area contributed by atoms with Crippen LogP contribution in [-0.2, 0) is 0 Å². The van der Waals surface area contributed by atoms with Crippen LogP contribution < -0.4 is 5.32 Å². The number of aromatic nitrogens is 2. The number of carbonyl (C=O) groups is 1. The summed E-state index contributed by atoms with van der Waals surface area (Å²) in [6.07, 6.45) is 0. The summed E-state index contributed by atoms with van der Waals surface area (Å²) >= 11 is 0. The van der Waals surface area contributed by atoms with E-state index in [-0.39, 0.29) is 5.56 Å². The van der Waals surface area contributed by atoms with Crippen LogP contribution in [0.1, 0.15) is 16.1 Å². The maximum atomic E-state index is 13.6. The van der Waals surface area contributed by atoms with Crippen molar-refractivity contribution in [1.29, 1.82) is 0 Å². The van der Waals surface area contributed by atoms with E-state index < -0.39 is 11.7 Å². The minimum atomic E-state index is -0.538. The number of anilines is 1. The zero-order valence-corrected chi connectivity index (χ0v) is 11.9. The van der Waals surface area contributed by atoms with Gasteiger partial charge in [-0.2, -0.15) is 5.10 Å². The van der Waals surface area contributed by atoms with Gasteiger partial charge in [-0.25, -0.2) is 4.39 Å². The molecule has 0 bridgehead atoms. The Bertz CT molecular complexity index is 809. The molecule has 2 aromatic carbocycles. The number of aromatic amines is 1. The summed E-state index contributed by atoms with van der Waals surface area (Å²) in [5.41, 5.74) is 3.38. The highest BCUT2D eigenvalue weighted by atomic mass is 19.1. The average molecular weight is 295 g/mol. The maximum absolute atomic E-state index is 13.6. The van der Waals surface area contributed by atoms with E-state index in [9.17, 15) is 9.18 Å². The fourth-order valence-corrected chi connectivity index (χ4v) is 2.13. The first-order valence-corrected chi connectivity index (χ1v) is 6.82. The molecule has 0 saturated carbocycles. The van der Waals surface area contributed by atoms with Gasteiger partial charge in [0, 0.05) is 16.9 Å². The highest BCUT2D eigenvalue weighted by Crippen LogP contribution is 2.20. The van der Waals surface area contributed by atoms with E-state index in [0.29, 0.717) is 5.69 Å². The van der Waals surface area contributed by atoms with Gasteiger partial charge in [0.05, 0.1) is 11.3 Å². The second kappa shape index (κ2) is 5.81. The molecule has 0 aliphatic heterocycles. The van der Waals surface area contributed by atoms with E-state index in [1.807, 2.05) is 25.1 Å². The number of halogens is 1. The number of aryl methyl sites for hydroxylation is 1. The molecule has 1 aromatic heterocycles. The number of benzene rings is 2. The number of carbonyl (C=O) groups excluding carboxylic acids is 1. The Kier molecular flexibility index (Phi) is 3.70. The molecule has 1 heterocycles. The van der Waals surface area contributed by atoms with E-state index in [1.54, 1.807) is 24.3 Å². The topological polar surface area (TPSA) is 57.8 Å². The first-order valence-electron chi connectivity index (χ1n) is 6.82. The third-order valence-electron chi connectivity index (χ3n) is 3.26. The zero-order chi connectivity index (χ0) is 15.5. The van der Waals surface area contributed by atoms with Gasteiger partial charge in [0.1, 0.15) is 5.82 Å². The molecule has 1 amide bonds. The van der Waals surface area contributed by atoms with Gasteiger partial charge in [-0.05, 0) is 37.3 Å². The Morgan fingerprint density at radius 3 is 2.50 bits per heavy atom. The van der Waals surface area contributed by atoms with Gasteiger partial charge in [-0.15, -0.1) is 0 Å². The van der Waals surface area contributed by atoms with Gasteiger partial charge in [0.15, 0.2) is 0 Å². The Labute approximate surface area is 127 Å². The molecule has 3 aromatic rings. The molecular weight excluding hydrogens is 281 g/mol. The first-order chi connectivity index (χ1) is 10.6. The SMILES string of the molecule is Cc1cc(-c2ccc(NC(=O)c3ccccc3F)cc2)n[nH]1. The van der Waals surface area contributed by atoms with Crippen molar-refractivity contribution >= 4 is 11.6 Å². The lowest BCUT2D eigenvalue weighted by Gasteiger charge is -2.06. The molecule has 22 heavy (non-hydrogen) atoms. The molecule has 2 N–H and O–H groups in total. The van der Waals surface area contributed by atoms with Crippen molar-refractivity contribution < 1.29 is 9.18 Å². The van der Waals surface area contributed by atoms with Crippen molar-refractivity contribution in [3.63, 3.8) is 0 Å². The van der Waals surface area contributed by atoms with Crippen molar-refractivity contribution in [2.45, 2.75) is 6.92 Å². The quantitative estimate of drug-likeness (QED) is 0.772. The number of H-pyrrole nitrogens is 1. The van der Waals surface area contributed by atoms with Crippen LogP contribution >= 0.6 is 0 Å². The number of hydrogen-bond acceptors (Lipinski definition) is 2. The number of amides is 1. The van der Waals surface area contributed by atoms with Crippen LogP contribution in [0.15, 0.2) is 54.6 Å². The molecule has 5 heteroatoms. The van der Waals surface area contributed by atoms with Crippen LogP contribution in [0.2, 0.25) is 0 Å². The van der Waals surface area contributed by atoms with Gasteiger partial charge >= 0.3 is 0 Å². The summed E-state index contributed by atoms with van der Waals surface area (Å²) in [4.78, 5) is 12.0. The van der Waals surface area contributed by atoms with Gasteiger partial charge in [0.25, 0.3) is 5.91 Å². The zero-order valence-electron chi connectivity index (χ0n) is 11.9. The Morgan fingerprint density at radius 2 is 1.86 bits per heavy atom. The van der Waals surface area contributed by atoms with Crippen LogP contribution in [0.4, 0.5) is 10.1 Å². The third-order valence-corrected chi connectivity index (χ3v) is 3.26. The highest BCUT2D eigenvalue weighted by molar-refractivity contribution is 6.04. The molecule has 0 radical (unpaired) electrons. The highest BCUT2D eigenvalue weighted by Gasteiger charge is 2.11. The molecule has 0 spiro atoms. The van der Waals surface area contributed by atoms with Gasteiger partial charge in [-0.3, -0.25) is 9.89 Å². The predicted molar refractivity (Wildman–Crippen MR) is 83.1 cm³/mol. The van der Waals surface area contributed by atoms with Crippen LogP contribution in [0.5, 0.6) is 0 Å². The molecule has 0 atom stereocenters. The second-order valence-corrected chi connectivity index (χ2v) is 4.95.